The summed E-state index contributed by atoms with van der Waals surface area (Å²) in [6, 6.07) is 0. The van der Waals surface area contributed by atoms with Crippen LogP contribution in [0.5, 0.6) is 0 Å². The van der Waals surface area contributed by atoms with Gasteiger partial charge in [0.2, 0.25) is 11.9 Å². The molecule has 3 heterocycles. The van der Waals surface area contributed by atoms with Crippen molar-refractivity contribution < 1.29 is 18.7 Å². The third-order valence-corrected chi connectivity index (χ3v) is 5.40. The molecule has 2 aliphatic heterocycles. The van der Waals surface area contributed by atoms with Gasteiger partial charge >= 0.3 is 0 Å². The van der Waals surface area contributed by atoms with E-state index in [2.05, 4.69) is 14.9 Å². The summed E-state index contributed by atoms with van der Waals surface area (Å²) in [5.74, 6) is 0.142. The van der Waals surface area contributed by atoms with Gasteiger partial charge in [-0.05, 0) is 12.8 Å². The van der Waals surface area contributed by atoms with Crippen molar-refractivity contribution in [2.45, 2.75) is 12.8 Å². The third-order valence-electron chi connectivity index (χ3n) is 5.40. The highest BCUT2D eigenvalue weighted by Gasteiger charge is 2.52. The second-order valence-corrected chi connectivity index (χ2v) is 6.81. The summed E-state index contributed by atoms with van der Waals surface area (Å²) >= 11 is 0. The first-order valence-corrected chi connectivity index (χ1v) is 8.59. The van der Waals surface area contributed by atoms with Gasteiger partial charge in [0.05, 0.1) is 31.5 Å². The van der Waals surface area contributed by atoms with Gasteiger partial charge in [-0.1, -0.05) is 0 Å². The van der Waals surface area contributed by atoms with Crippen LogP contribution in [0.2, 0.25) is 0 Å². The van der Waals surface area contributed by atoms with Crippen LogP contribution in [0.4, 0.5) is 10.3 Å². The van der Waals surface area contributed by atoms with Crippen LogP contribution < -0.4 is 4.90 Å². The maximum atomic E-state index is 13.0. The van der Waals surface area contributed by atoms with Crippen molar-refractivity contribution in [3.63, 3.8) is 0 Å². The number of hydrogen-bond acceptors (Lipinski definition) is 6. The molecule has 0 aromatic carbocycles. The van der Waals surface area contributed by atoms with Crippen LogP contribution in [0.15, 0.2) is 12.4 Å². The predicted octanol–water partition coefficient (Wildman–Crippen LogP) is 0.953. The van der Waals surface area contributed by atoms with Crippen LogP contribution >= 0.6 is 0 Å². The maximum Gasteiger partial charge on any atom is 0.228 e. The van der Waals surface area contributed by atoms with Gasteiger partial charge in [-0.15, -0.1) is 0 Å². The van der Waals surface area contributed by atoms with E-state index in [0.29, 0.717) is 25.7 Å². The number of anilines is 1. The van der Waals surface area contributed by atoms with Gasteiger partial charge in [-0.25, -0.2) is 14.4 Å². The zero-order valence-corrected chi connectivity index (χ0v) is 14.8. The molecule has 8 heteroatoms. The minimum atomic E-state index is -0.437. The fraction of sp³-hybridized carbons (Fsp3) is 0.706. The first kappa shape index (κ1) is 18.0. The summed E-state index contributed by atoms with van der Waals surface area (Å²) in [6.07, 6.45) is 4.09. The molecular formula is C17H25FN4O3. The average molecular weight is 352 g/mol. The van der Waals surface area contributed by atoms with Crippen molar-refractivity contribution in [3.8, 4) is 0 Å². The molecule has 1 aromatic rings. The van der Waals surface area contributed by atoms with E-state index >= 15 is 0 Å². The predicted molar refractivity (Wildman–Crippen MR) is 89.7 cm³/mol. The fourth-order valence-electron chi connectivity index (χ4n) is 3.98. The number of nitrogens with zero attached hydrogens (tertiary/aromatic N) is 4. The van der Waals surface area contributed by atoms with Gasteiger partial charge in [0.1, 0.15) is 0 Å². The lowest BCUT2D eigenvalue weighted by atomic mass is 9.71. The lowest BCUT2D eigenvalue weighted by Crippen LogP contribution is -2.46. The van der Waals surface area contributed by atoms with Gasteiger partial charge in [-0.2, -0.15) is 0 Å². The number of methoxy groups -OCH3 is 2. The quantitative estimate of drug-likeness (QED) is 0.759. The smallest absolute Gasteiger partial charge is 0.228 e. The van der Waals surface area contributed by atoms with E-state index in [-0.39, 0.29) is 17.2 Å². The summed E-state index contributed by atoms with van der Waals surface area (Å²) < 4.78 is 23.5. The van der Waals surface area contributed by atoms with Crippen molar-refractivity contribution in [1.82, 2.24) is 14.9 Å². The highest BCUT2D eigenvalue weighted by atomic mass is 19.1. The average Bonchev–Trinajstić information content (AvgIpc) is 2.87. The van der Waals surface area contributed by atoms with Gasteiger partial charge in [0, 0.05) is 45.8 Å². The lowest BCUT2D eigenvalue weighted by Gasteiger charge is -2.41. The minimum Gasteiger partial charge on any atom is -0.384 e. The number of carbonyl (C=O) groups excluding carboxylic acids is 1. The topological polar surface area (TPSA) is 67.8 Å². The Kier molecular flexibility index (Phi) is 5.48. The molecule has 0 radical (unpaired) electrons. The number of likely N-dealkylation sites (tertiary alicyclic amines) is 1. The van der Waals surface area contributed by atoms with Gasteiger partial charge < -0.3 is 19.3 Å². The minimum absolute atomic E-state index is 0.0859. The molecule has 138 valence electrons. The second kappa shape index (κ2) is 7.61. The van der Waals surface area contributed by atoms with Gasteiger partial charge in [-0.3, -0.25) is 4.79 Å². The Hall–Kier alpha value is -1.80. The standard InChI is InChI=1S/C17H25FN4O3/c1-24-8-7-22-12-17(14(11-25-2)15(22)23)3-5-21(6-4-17)16-19-9-13(18)10-20-16/h9-10,14H,3-8,11-12H2,1-2H3/t14-/m1/s1. The second-order valence-electron chi connectivity index (χ2n) is 6.81. The number of ether oxygens (including phenoxy) is 2. The van der Waals surface area contributed by atoms with Crippen LogP contribution in [0.1, 0.15) is 12.8 Å². The van der Waals surface area contributed by atoms with Crippen LogP contribution in [0.3, 0.4) is 0 Å². The first-order chi connectivity index (χ1) is 12.1. The Morgan fingerprint density at radius 2 is 1.92 bits per heavy atom. The van der Waals surface area contributed by atoms with Crippen LogP contribution in [-0.4, -0.2) is 74.4 Å². The molecule has 1 spiro atoms. The van der Waals surface area contributed by atoms with Gasteiger partial charge in [0.15, 0.2) is 5.82 Å². The number of piperidine rings is 1. The zero-order valence-electron chi connectivity index (χ0n) is 14.8. The molecule has 2 saturated heterocycles. The number of halogens is 1. The summed E-state index contributed by atoms with van der Waals surface area (Å²) in [6.45, 7) is 3.82. The summed E-state index contributed by atoms with van der Waals surface area (Å²) in [5.41, 5.74) is -0.0859. The SMILES string of the molecule is COCCN1CC2(CCN(c3ncc(F)cn3)CC2)[C@H](COC)C1=O. The Bertz CT molecular complexity index is 590. The number of hydrogen-bond donors (Lipinski definition) is 0. The van der Waals surface area contributed by atoms with Crippen molar-refractivity contribution >= 4 is 11.9 Å². The van der Waals surface area contributed by atoms with Crippen molar-refractivity contribution in [2.75, 3.05) is 58.5 Å². The Labute approximate surface area is 147 Å². The molecule has 1 atom stereocenters. The molecule has 0 aliphatic carbocycles. The van der Waals surface area contributed by atoms with E-state index in [4.69, 9.17) is 9.47 Å². The highest BCUT2D eigenvalue weighted by Crippen LogP contribution is 2.45. The number of carbonyl (C=O) groups is 1. The highest BCUT2D eigenvalue weighted by molar-refractivity contribution is 5.82. The van der Waals surface area contributed by atoms with E-state index in [1.165, 1.54) is 12.4 Å². The van der Waals surface area contributed by atoms with E-state index in [1.807, 2.05) is 4.90 Å². The molecule has 0 unspecified atom stereocenters. The first-order valence-electron chi connectivity index (χ1n) is 8.59. The maximum absolute atomic E-state index is 13.0. The molecule has 25 heavy (non-hydrogen) atoms. The zero-order chi connectivity index (χ0) is 17.9. The van der Waals surface area contributed by atoms with Crippen molar-refractivity contribution in [3.05, 3.63) is 18.2 Å². The van der Waals surface area contributed by atoms with E-state index in [1.54, 1.807) is 14.2 Å². The molecule has 3 rings (SSSR count). The monoisotopic (exact) mass is 352 g/mol. The number of rotatable bonds is 6. The van der Waals surface area contributed by atoms with Crippen LogP contribution in [-0.2, 0) is 14.3 Å². The molecule has 1 aromatic heterocycles. The largest absolute Gasteiger partial charge is 0.384 e. The van der Waals surface area contributed by atoms with Crippen molar-refractivity contribution in [2.24, 2.45) is 11.3 Å². The third kappa shape index (κ3) is 3.59. The van der Waals surface area contributed by atoms with E-state index in [0.717, 1.165) is 32.5 Å². The summed E-state index contributed by atoms with van der Waals surface area (Å²) in [4.78, 5) is 24.9. The molecule has 2 aliphatic rings. The van der Waals surface area contributed by atoms with E-state index in [9.17, 15) is 9.18 Å². The normalized spacial score (nSPS) is 22.8. The number of amides is 1. The molecule has 1 amide bonds. The van der Waals surface area contributed by atoms with Gasteiger partial charge in [0.25, 0.3) is 0 Å². The van der Waals surface area contributed by atoms with Crippen LogP contribution in [0.25, 0.3) is 0 Å². The molecule has 2 fully saturated rings. The summed E-state index contributed by atoms with van der Waals surface area (Å²) in [7, 11) is 3.28. The van der Waals surface area contributed by atoms with Crippen molar-refractivity contribution in [1.29, 1.82) is 0 Å². The summed E-state index contributed by atoms with van der Waals surface area (Å²) in [5, 5.41) is 0. The molecule has 0 bridgehead atoms. The Balaban J connectivity index is 1.70. The van der Waals surface area contributed by atoms with E-state index < -0.39 is 5.82 Å². The molecular weight excluding hydrogens is 327 g/mol. The Morgan fingerprint density at radius 1 is 1.24 bits per heavy atom. The number of aromatic nitrogens is 2. The lowest BCUT2D eigenvalue weighted by molar-refractivity contribution is -0.133. The molecule has 7 nitrogen and oxygen atoms in total. The van der Waals surface area contributed by atoms with Crippen LogP contribution in [0, 0.1) is 17.2 Å². The Morgan fingerprint density at radius 3 is 2.52 bits per heavy atom. The fourth-order valence-corrected chi connectivity index (χ4v) is 3.98. The molecule has 0 saturated carbocycles. The molecule has 0 N–H and O–H groups in total.